The molecule has 5 aliphatic carbocycles. The van der Waals surface area contributed by atoms with E-state index in [-0.39, 0.29) is 36.2 Å². The smallest absolute Gasteiger partial charge is 0.335 e. The second-order valence-electron chi connectivity index (χ2n) is 14.7. The molecule has 0 aromatic carbocycles. The van der Waals surface area contributed by atoms with Crippen LogP contribution in [0.5, 0.6) is 0 Å². The minimum absolute atomic E-state index is 0.0411. The monoisotopic (exact) mass is 564 g/mol. The average molecular weight is 565 g/mol. The highest BCUT2D eigenvalue weighted by molar-refractivity contribution is 6.08. The van der Waals surface area contributed by atoms with Crippen LogP contribution in [-0.2, 0) is 28.6 Å². The Labute approximate surface area is 245 Å². The van der Waals surface area contributed by atoms with Crippen LogP contribution in [0.1, 0.15) is 106 Å². The molecule has 6 rings (SSSR count). The number of esters is 3. The van der Waals surface area contributed by atoms with Gasteiger partial charge in [-0.05, 0) is 79.6 Å². The van der Waals surface area contributed by atoms with E-state index in [2.05, 4.69) is 46.8 Å². The Bertz CT molecular complexity index is 1270. The van der Waals surface area contributed by atoms with E-state index in [1.807, 2.05) is 0 Å². The van der Waals surface area contributed by atoms with Gasteiger partial charge in [0.1, 0.15) is 12.2 Å². The highest BCUT2D eigenvalue weighted by Crippen LogP contribution is 2.82. The van der Waals surface area contributed by atoms with Crippen molar-refractivity contribution in [1.29, 1.82) is 0 Å². The van der Waals surface area contributed by atoms with Gasteiger partial charge in [0, 0.05) is 12.3 Å². The minimum Gasteiger partial charge on any atom is -0.463 e. The first-order chi connectivity index (χ1) is 19.4. The Hall–Kier alpha value is -2.37. The minimum atomic E-state index is -0.745. The van der Waals surface area contributed by atoms with Crippen LogP contribution in [0.25, 0.3) is 0 Å². The lowest BCUT2D eigenvalue weighted by atomic mass is 9.40. The first-order valence-corrected chi connectivity index (χ1v) is 16.1. The molecule has 0 aromatic rings. The summed E-state index contributed by atoms with van der Waals surface area (Å²) in [6.07, 6.45) is 12.4. The number of fused-ring (bicyclic) bond motifs is 1. The fourth-order valence-corrected chi connectivity index (χ4v) is 10.9. The molecule has 3 fully saturated rings. The molecule has 6 nitrogen and oxygen atoms in total. The van der Waals surface area contributed by atoms with Crippen molar-refractivity contribution in [3.63, 3.8) is 0 Å². The first kappa shape index (κ1) is 28.7. The van der Waals surface area contributed by atoms with Gasteiger partial charge in [-0.2, -0.15) is 0 Å². The van der Waals surface area contributed by atoms with E-state index in [0.29, 0.717) is 35.8 Å². The van der Waals surface area contributed by atoms with Crippen molar-refractivity contribution in [3.05, 3.63) is 34.4 Å². The van der Waals surface area contributed by atoms with Gasteiger partial charge >= 0.3 is 17.9 Å². The van der Waals surface area contributed by atoms with E-state index in [0.717, 1.165) is 31.6 Å². The average Bonchev–Trinajstić information content (AvgIpc) is 3.39. The molecular weight excluding hydrogens is 516 g/mol. The van der Waals surface area contributed by atoms with Crippen LogP contribution in [0.15, 0.2) is 34.4 Å². The third-order valence-corrected chi connectivity index (χ3v) is 12.4. The summed E-state index contributed by atoms with van der Waals surface area (Å²) in [5, 5.41) is 0. The predicted molar refractivity (Wildman–Crippen MR) is 155 cm³/mol. The van der Waals surface area contributed by atoms with Gasteiger partial charge in [0.05, 0.1) is 23.2 Å². The summed E-state index contributed by atoms with van der Waals surface area (Å²) in [4.78, 5) is 39.9. The first-order valence-electron chi connectivity index (χ1n) is 16.1. The van der Waals surface area contributed by atoms with Gasteiger partial charge in [-0.1, -0.05) is 71.6 Å². The molecule has 1 saturated heterocycles. The number of hydrogen-bond donors (Lipinski definition) is 0. The Morgan fingerprint density at radius 1 is 1.12 bits per heavy atom. The molecule has 8 atom stereocenters. The molecule has 0 unspecified atom stereocenters. The van der Waals surface area contributed by atoms with E-state index in [1.54, 1.807) is 6.92 Å². The van der Waals surface area contributed by atoms with Gasteiger partial charge in [0.25, 0.3) is 0 Å². The van der Waals surface area contributed by atoms with E-state index in [9.17, 15) is 14.4 Å². The second kappa shape index (κ2) is 9.57. The summed E-state index contributed by atoms with van der Waals surface area (Å²) in [7, 11) is 0. The zero-order valence-corrected chi connectivity index (χ0v) is 26.1. The molecule has 1 spiro atoms. The number of allylic oxidation sites excluding steroid dienone is 3. The molecular formula is C35H48O6. The van der Waals surface area contributed by atoms with Crippen molar-refractivity contribution in [2.24, 2.45) is 39.4 Å². The summed E-state index contributed by atoms with van der Waals surface area (Å²) < 4.78 is 17.8. The maximum Gasteiger partial charge on any atom is 0.335 e. The van der Waals surface area contributed by atoms with Crippen LogP contribution in [0.3, 0.4) is 0 Å². The second-order valence-corrected chi connectivity index (χ2v) is 14.7. The maximum absolute atomic E-state index is 14.0. The summed E-state index contributed by atoms with van der Waals surface area (Å²) in [5.74, 6) is 0.752. The molecule has 2 bridgehead atoms. The van der Waals surface area contributed by atoms with E-state index in [1.165, 1.54) is 37.3 Å². The van der Waals surface area contributed by atoms with Gasteiger partial charge in [0.2, 0.25) is 0 Å². The molecule has 2 saturated carbocycles. The quantitative estimate of drug-likeness (QED) is 0.233. The van der Waals surface area contributed by atoms with Crippen molar-refractivity contribution in [1.82, 2.24) is 0 Å². The molecule has 1 heterocycles. The molecule has 224 valence electrons. The number of carbonyl (C=O) groups is 3. The molecule has 1 aliphatic heterocycles. The predicted octanol–water partition coefficient (Wildman–Crippen LogP) is 7.03. The summed E-state index contributed by atoms with van der Waals surface area (Å²) in [5.41, 5.74) is 1.79. The molecule has 0 N–H and O–H groups in total. The van der Waals surface area contributed by atoms with Crippen molar-refractivity contribution in [3.8, 4) is 0 Å². The topological polar surface area (TPSA) is 78.9 Å². The largest absolute Gasteiger partial charge is 0.463 e. The fourth-order valence-electron chi connectivity index (χ4n) is 10.9. The number of ether oxygens (including phenoxy) is 3. The van der Waals surface area contributed by atoms with Crippen molar-refractivity contribution >= 4 is 17.9 Å². The Morgan fingerprint density at radius 2 is 1.88 bits per heavy atom. The summed E-state index contributed by atoms with van der Waals surface area (Å²) >= 11 is 0. The third kappa shape index (κ3) is 3.57. The molecule has 41 heavy (non-hydrogen) atoms. The number of hydrogen-bond acceptors (Lipinski definition) is 6. The fraction of sp³-hybridized carbons (Fsp3) is 0.743. The highest BCUT2D eigenvalue weighted by Gasteiger charge is 2.81. The Kier molecular flexibility index (Phi) is 6.71. The van der Waals surface area contributed by atoms with E-state index >= 15 is 0 Å². The van der Waals surface area contributed by atoms with Crippen molar-refractivity contribution < 1.29 is 28.6 Å². The molecule has 6 aliphatic rings. The lowest BCUT2D eigenvalue weighted by Crippen LogP contribution is -2.60. The van der Waals surface area contributed by atoms with Crippen LogP contribution < -0.4 is 0 Å². The number of rotatable bonds is 8. The van der Waals surface area contributed by atoms with Crippen LogP contribution in [0.2, 0.25) is 0 Å². The van der Waals surface area contributed by atoms with Gasteiger partial charge in [-0.3, -0.25) is 4.79 Å². The number of carbonyl (C=O) groups excluding carboxylic acids is 3. The van der Waals surface area contributed by atoms with Crippen LogP contribution >= 0.6 is 0 Å². The molecule has 6 heteroatoms. The highest BCUT2D eigenvalue weighted by atomic mass is 16.6. The zero-order valence-electron chi connectivity index (χ0n) is 26.1. The Balaban J connectivity index is 1.52. The molecule has 0 aromatic heterocycles. The summed E-state index contributed by atoms with van der Waals surface area (Å²) in [6, 6.07) is 0. The molecule has 0 radical (unpaired) electrons. The van der Waals surface area contributed by atoms with Gasteiger partial charge in [0.15, 0.2) is 0 Å². The van der Waals surface area contributed by atoms with Gasteiger partial charge in [-0.25, -0.2) is 9.59 Å². The van der Waals surface area contributed by atoms with Crippen LogP contribution in [0.4, 0.5) is 0 Å². The SMILES string of the molecule is CCOC(=O)C1=C2C(=O)O[C@H]3C[C@@]4(C)C(=C5C=C[C@]16C[C@@H](OC(C)=O)CC[C@]6(C)[C@@]523)CC[C@@H]4[C@H](C)CCCC(C)C. The lowest BCUT2D eigenvalue weighted by molar-refractivity contribution is -0.162. The standard InChI is InChI=1S/C35H48O6/c1-8-39-30(37)28-29-31(38)41-27-19-32(6)24(21(4)11-9-10-20(2)3)12-13-25(32)26-15-17-34(28)18-23(40-22(5)36)14-16-33(34,7)35(26,27)29/h15,17,20-21,23-24,27H,8-14,16,18-19H2,1-7H3/t21-,23+,24-,27+,32-,33+,34+,35-/m1/s1. The zero-order chi connectivity index (χ0) is 29.5. The van der Waals surface area contributed by atoms with Crippen molar-refractivity contribution in [2.45, 2.75) is 118 Å². The third-order valence-electron chi connectivity index (χ3n) is 12.4. The van der Waals surface area contributed by atoms with Crippen LogP contribution in [0, 0.1) is 39.4 Å². The lowest BCUT2D eigenvalue weighted by Gasteiger charge is -2.62. The van der Waals surface area contributed by atoms with Crippen molar-refractivity contribution in [2.75, 3.05) is 6.61 Å². The molecule has 0 amide bonds. The van der Waals surface area contributed by atoms with Gasteiger partial charge < -0.3 is 14.2 Å². The van der Waals surface area contributed by atoms with E-state index < -0.39 is 22.2 Å². The van der Waals surface area contributed by atoms with E-state index in [4.69, 9.17) is 14.2 Å². The maximum atomic E-state index is 14.0. The van der Waals surface area contributed by atoms with Gasteiger partial charge in [-0.15, -0.1) is 0 Å². The Morgan fingerprint density at radius 3 is 2.56 bits per heavy atom. The summed E-state index contributed by atoms with van der Waals surface area (Å²) in [6.45, 7) is 15.2. The van der Waals surface area contributed by atoms with Crippen LogP contribution in [-0.4, -0.2) is 36.7 Å². The normalized spacial score (nSPS) is 40.8.